The second kappa shape index (κ2) is 21.4. The van der Waals surface area contributed by atoms with E-state index in [2.05, 4.69) is 44.3 Å². The average Bonchev–Trinajstić information content (AvgIpc) is 4.04. The van der Waals surface area contributed by atoms with Crippen molar-refractivity contribution in [3.8, 4) is 10.4 Å². The Bertz CT molecular complexity index is 2010. The maximum Gasteiger partial charge on any atom is 0.243 e. The number of anilines is 1. The molecule has 1 saturated heterocycles. The van der Waals surface area contributed by atoms with Gasteiger partial charge < -0.3 is 31.3 Å². The van der Waals surface area contributed by atoms with E-state index in [9.17, 15) is 19.5 Å². The molecule has 4 aromatic rings. The number of hydrogen-bond acceptors (Lipinski definition) is 10. The third kappa shape index (κ3) is 12.3. The van der Waals surface area contributed by atoms with Crippen molar-refractivity contribution in [2.45, 2.75) is 161 Å². The molecule has 2 aliphatic rings. The Morgan fingerprint density at radius 2 is 1.70 bits per heavy atom. The van der Waals surface area contributed by atoms with E-state index in [1.165, 1.54) is 0 Å². The highest BCUT2D eigenvalue weighted by atomic mass is 32.1. The van der Waals surface area contributed by atoms with Crippen LogP contribution in [0.3, 0.4) is 0 Å². The number of hydrogen-bond donors (Lipinski definition) is 5. The molecule has 3 amide bonds. The van der Waals surface area contributed by atoms with E-state index in [4.69, 9.17) is 4.98 Å². The van der Waals surface area contributed by atoms with Crippen molar-refractivity contribution in [3.05, 3.63) is 65.1 Å². The van der Waals surface area contributed by atoms with Gasteiger partial charge in [0.1, 0.15) is 11.9 Å². The molecule has 0 spiro atoms. The van der Waals surface area contributed by atoms with E-state index < -0.39 is 18.2 Å². The summed E-state index contributed by atoms with van der Waals surface area (Å²) in [5, 5.41) is 28.5. The molecule has 1 aliphatic heterocycles. The number of aryl methyl sites for hydroxylation is 2. The van der Waals surface area contributed by atoms with Gasteiger partial charge in [-0.15, -0.1) is 11.3 Å². The van der Waals surface area contributed by atoms with Crippen LogP contribution >= 0.6 is 11.3 Å². The van der Waals surface area contributed by atoms with Crippen molar-refractivity contribution in [1.82, 2.24) is 40.4 Å². The molecule has 326 valence electrons. The Morgan fingerprint density at radius 3 is 2.42 bits per heavy atom. The van der Waals surface area contributed by atoms with Crippen LogP contribution < -0.4 is 21.3 Å². The molecule has 1 saturated carbocycles. The van der Waals surface area contributed by atoms with Crippen molar-refractivity contribution < 1.29 is 19.5 Å². The normalized spacial score (nSPS) is 19.8. The van der Waals surface area contributed by atoms with Gasteiger partial charge in [-0.25, -0.2) is 9.97 Å². The van der Waals surface area contributed by atoms with Gasteiger partial charge in [0.2, 0.25) is 17.7 Å². The number of nitrogens with zero attached hydrogens (tertiary/aromatic N) is 5. The summed E-state index contributed by atoms with van der Waals surface area (Å²) in [6.07, 6.45) is 14.0. The molecule has 60 heavy (non-hydrogen) atoms. The van der Waals surface area contributed by atoms with E-state index in [0.717, 1.165) is 116 Å². The van der Waals surface area contributed by atoms with E-state index in [0.29, 0.717) is 25.6 Å². The van der Waals surface area contributed by atoms with Crippen LogP contribution in [-0.4, -0.2) is 90.7 Å². The number of amides is 3. The fourth-order valence-electron chi connectivity index (χ4n) is 8.64. The zero-order chi connectivity index (χ0) is 42.6. The van der Waals surface area contributed by atoms with E-state index in [1.54, 1.807) is 22.4 Å². The lowest BCUT2D eigenvalue weighted by molar-refractivity contribution is -0.142. The molecular formula is C46H67N9O4S. The topological polar surface area (TPSA) is 166 Å². The van der Waals surface area contributed by atoms with Gasteiger partial charge in [0.15, 0.2) is 5.65 Å². The fourth-order valence-corrected chi connectivity index (χ4v) is 9.45. The van der Waals surface area contributed by atoms with Gasteiger partial charge >= 0.3 is 0 Å². The van der Waals surface area contributed by atoms with Crippen LogP contribution in [0.4, 0.5) is 5.82 Å². The number of likely N-dealkylation sites (tertiary alicyclic amines) is 1. The Kier molecular flexibility index (Phi) is 16.1. The summed E-state index contributed by atoms with van der Waals surface area (Å²) in [5.41, 5.74) is 6.45. The number of carbonyl (C=O) groups excluding carboxylic acids is 3. The van der Waals surface area contributed by atoms with Crippen LogP contribution in [0.5, 0.6) is 0 Å². The minimum Gasteiger partial charge on any atom is -0.391 e. The third-order valence-corrected chi connectivity index (χ3v) is 12.9. The van der Waals surface area contributed by atoms with Gasteiger partial charge in [-0.2, -0.15) is 9.61 Å². The maximum absolute atomic E-state index is 14.0. The number of aromatic nitrogens is 4. The Morgan fingerprint density at radius 1 is 0.967 bits per heavy atom. The molecule has 6 rings (SSSR count). The number of β-amino-alcohol motifs (C(OH)–C–C–N with tert-alkyl or cyclic N) is 1. The molecule has 1 aliphatic carbocycles. The molecule has 0 radical (unpaired) electrons. The van der Waals surface area contributed by atoms with Crippen LogP contribution in [0.1, 0.15) is 128 Å². The molecule has 1 aromatic carbocycles. The Hall–Kier alpha value is -4.40. The summed E-state index contributed by atoms with van der Waals surface area (Å²) in [7, 11) is 0. The predicted molar refractivity (Wildman–Crippen MR) is 239 cm³/mol. The van der Waals surface area contributed by atoms with Crippen molar-refractivity contribution in [2.75, 3.05) is 18.4 Å². The van der Waals surface area contributed by atoms with Crippen LogP contribution in [0.25, 0.3) is 16.1 Å². The number of nitrogens with one attached hydrogen (secondary N) is 4. The first-order valence-corrected chi connectivity index (χ1v) is 23.2. The minimum atomic E-state index is -0.739. The smallest absolute Gasteiger partial charge is 0.243 e. The zero-order valence-electron chi connectivity index (χ0n) is 36.3. The number of rotatable bonds is 21. The second-order valence-electron chi connectivity index (χ2n) is 18.0. The predicted octanol–water partition coefficient (Wildman–Crippen LogP) is 6.97. The molecule has 3 aromatic heterocycles. The first-order chi connectivity index (χ1) is 28.9. The Balaban J connectivity index is 0.838. The first kappa shape index (κ1) is 45.1. The maximum atomic E-state index is 14.0. The van der Waals surface area contributed by atoms with Crippen LogP contribution in [0, 0.1) is 12.3 Å². The van der Waals surface area contributed by atoms with E-state index in [-0.39, 0.29) is 42.1 Å². The summed E-state index contributed by atoms with van der Waals surface area (Å²) in [4.78, 5) is 51.9. The number of thiazole rings is 1. The van der Waals surface area contributed by atoms with Crippen molar-refractivity contribution >= 4 is 40.5 Å². The SMILES string of the molecule is CCCc1cc(N[C@@H]2CC[C@@H](NC(=O)CCCCCCCCCN[C@H](C(=O)N3C[C@H](O)C[C@H]3C(=O)NCc3ccc(-c4scnc4C)cc3)C(C)(C)C)C2)n2nccc2n1. The number of fused-ring (bicyclic) bond motifs is 1. The van der Waals surface area contributed by atoms with Gasteiger partial charge in [-0.05, 0) is 68.5 Å². The molecular weight excluding hydrogens is 775 g/mol. The van der Waals surface area contributed by atoms with Gasteiger partial charge in [0.25, 0.3) is 0 Å². The molecule has 0 unspecified atom stereocenters. The summed E-state index contributed by atoms with van der Waals surface area (Å²) in [6, 6.07) is 11.4. The number of unbranched alkanes of at least 4 members (excludes halogenated alkanes) is 6. The number of aliphatic hydroxyl groups is 1. The van der Waals surface area contributed by atoms with Crippen LogP contribution in [-0.2, 0) is 27.3 Å². The standard InChI is InChI=1S/C46H67N9O4S/c1-6-14-34-26-40(55-39(51-34)22-24-50-55)52-35-20-21-36(25-35)53-41(57)15-12-10-8-7-9-11-13-23-47-43(46(3,4)5)45(59)54-29-37(56)27-38(54)44(58)48-28-32-16-18-33(19-17-32)42-31(2)49-30-60-42/h16-19,22,24,26,30,35-38,43,47,52,56H,6-15,20-21,23,25,27-29H2,1-5H3,(H,48,58)(H,53,57)/t35-,36-,37-,38+,43-/m1/s1. The fraction of sp³-hybridized carbons (Fsp3) is 0.609. The van der Waals surface area contributed by atoms with Gasteiger partial charge in [-0.3, -0.25) is 14.4 Å². The lowest BCUT2D eigenvalue weighted by atomic mass is 9.85. The summed E-state index contributed by atoms with van der Waals surface area (Å²) in [5.74, 6) is 0.737. The van der Waals surface area contributed by atoms with Gasteiger partial charge in [0.05, 0.1) is 34.4 Å². The molecule has 14 heteroatoms. The summed E-state index contributed by atoms with van der Waals surface area (Å²) < 4.78 is 1.86. The Labute approximate surface area is 359 Å². The lowest BCUT2D eigenvalue weighted by Crippen LogP contribution is -2.56. The van der Waals surface area contributed by atoms with Crippen LogP contribution in [0.15, 0.2) is 48.1 Å². The minimum absolute atomic E-state index is 0.140. The molecule has 2 fully saturated rings. The molecule has 4 heterocycles. The lowest BCUT2D eigenvalue weighted by Gasteiger charge is -2.35. The quantitative estimate of drug-likeness (QED) is 0.0558. The monoisotopic (exact) mass is 842 g/mol. The number of benzene rings is 1. The second-order valence-corrected chi connectivity index (χ2v) is 18.8. The molecule has 5 N–H and O–H groups in total. The zero-order valence-corrected chi connectivity index (χ0v) is 37.2. The largest absolute Gasteiger partial charge is 0.391 e. The van der Waals surface area contributed by atoms with E-state index >= 15 is 0 Å². The van der Waals surface area contributed by atoms with E-state index in [1.807, 2.05) is 68.1 Å². The molecule has 0 bridgehead atoms. The first-order valence-electron chi connectivity index (χ1n) is 22.3. The third-order valence-electron chi connectivity index (χ3n) is 11.9. The van der Waals surface area contributed by atoms with Gasteiger partial charge in [-0.1, -0.05) is 90.5 Å². The van der Waals surface area contributed by atoms with Crippen molar-refractivity contribution in [3.63, 3.8) is 0 Å². The number of aliphatic hydroxyl groups excluding tert-OH is 1. The average molecular weight is 842 g/mol. The van der Waals surface area contributed by atoms with Crippen LogP contribution in [0.2, 0.25) is 0 Å². The highest BCUT2D eigenvalue weighted by Gasteiger charge is 2.43. The summed E-state index contributed by atoms with van der Waals surface area (Å²) in [6.45, 7) is 11.5. The molecule has 5 atom stereocenters. The van der Waals surface area contributed by atoms with Gasteiger partial charge in [0, 0.05) is 55.8 Å². The molecule has 13 nitrogen and oxygen atoms in total. The highest BCUT2D eigenvalue weighted by Crippen LogP contribution is 2.29. The highest BCUT2D eigenvalue weighted by molar-refractivity contribution is 7.13. The van der Waals surface area contributed by atoms with Crippen molar-refractivity contribution in [1.29, 1.82) is 0 Å². The van der Waals surface area contributed by atoms with Crippen molar-refractivity contribution in [2.24, 2.45) is 5.41 Å². The number of carbonyl (C=O) groups is 3. The summed E-state index contributed by atoms with van der Waals surface area (Å²) >= 11 is 1.61.